The first kappa shape index (κ1) is 22.6. The number of halogens is 1. The molecule has 0 fully saturated rings. The van der Waals surface area contributed by atoms with Crippen molar-refractivity contribution in [3.63, 3.8) is 0 Å². The SMILES string of the molecule is COc1cc(N2Cc3cc(-c4ccc(Cl)cn4)sc3C2=O)ccc1OCCCS(C)(=O)=O. The zero-order valence-electron chi connectivity index (χ0n) is 17.5. The van der Waals surface area contributed by atoms with E-state index in [0.29, 0.717) is 40.1 Å². The van der Waals surface area contributed by atoms with Crippen LogP contribution >= 0.6 is 22.9 Å². The molecule has 7 nitrogen and oxygen atoms in total. The Morgan fingerprint density at radius 1 is 1.19 bits per heavy atom. The maximum Gasteiger partial charge on any atom is 0.269 e. The van der Waals surface area contributed by atoms with Gasteiger partial charge in [0, 0.05) is 24.2 Å². The predicted molar refractivity (Wildman–Crippen MR) is 126 cm³/mol. The molecule has 168 valence electrons. The fourth-order valence-corrected chi connectivity index (χ4v) is 5.25. The maximum atomic E-state index is 13.1. The number of hydrogen-bond acceptors (Lipinski definition) is 7. The second kappa shape index (κ2) is 9.09. The molecule has 0 spiro atoms. The van der Waals surface area contributed by atoms with Gasteiger partial charge in [-0.25, -0.2) is 8.42 Å². The molecule has 1 aliphatic rings. The van der Waals surface area contributed by atoms with Gasteiger partial charge in [-0.15, -0.1) is 11.3 Å². The summed E-state index contributed by atoms with van der Waals surface area (Å²) in [5.74, 6) is 0.971. The second-order valence-electron chi connectivity index (χ2n) is 7.39. The highest BCUT2D eigenvalue weighted by molar-refractivity contribution is 7.90. The minimum absolute atomic E-state index is 0.0611. The van der Waals surface area contributed by atoms with Crippen molar-refractivity contribution in [3.05, 3.63) is 58.1 Å². The van der Waals surface area contributed by atoms with Crippen molar-refractivity contribution in [3.8, 4) is 22.1 Å². The van der Waals surface area contributed by atoms with E-state index >= 15 is 0 Å². The number of carbonyl (C=O) groups excluding carboxylic acids is 1. The number of ether oxygens (including phenoxy) is 2. The molecular formula is C22H21ClN2O5S2. The molecule has 0 radical (unpaired) electrons. The van der Waals surface area contributed by atoms with Crippen LogP contribution in [0, 0.1) is 0 Å². The van der Waals surface area contributed by atoms with Gasteiger partial charge in [0.25, 0.3) is 5.91 Å². The van der Waals surface area contributed by atoms with Crippen LogP contribution in [-0.4, -0.2) is 45.0 Å². The Morgan fingerprint density at radius 2 is 2.00 bits per heavy atom. The number of benzene rings is 1. The molecule has 4 rings (SSSR count). The van der Waals surface area contributed by atoms with Crippen LogP contribution in [0.15, 0.2) is 42.6 Å². The third-order valence-electron chi connectivity index (χ3n) is 4.93. The van der Waals surface area contributed by atoms with Crippen molar-refractivity contribution < 1.29 is 22.7 Å². The van der Waals surface area contributed by atoms with Gasteiger partial charge in [0.05, 0.1) is 46.5 Å². The van der Waals surface area contributed by atoms with Gasteiger partial charge in [0.2, 0.25) is 0 Å². The summed E-state index contributed by atoms with van der Waals surface area (Å²) in [5, 5.41) is 0.567. The zero-order valence-corrected chi connectivity index (χ0v) is 19.9. The van der Waals surface area contributed by atoms with Crippen LogP contribution in [0.4, 0.5) is 5.69 Å². The first-order valence-corrected chi connectivity index (χ1v) is 13.1. The number of nitrogens with zero attached hydrogens (tertiary/aromatic N) is 2. The van der Waals surface area contributed by atoms with E-state index in [9.17, 15) is 13.2 Å². The summed E-state index contributed by atoms with van der Waals surface area (Å²) in [6, 6.07) is 10.9. The molecule has 1 aliphatic heterocycles. The monoisotopic (exact) mass is 492 g/mol. The average Bonchev–Trinajstić information content (AvgIpc) is 3.30. The van der Waals surface area contributed by atoms with Gasteiger partial charge < -0.3 is 14.4 Å². The summed E-state index contributed by atoms with van der Waals surface area (Å²) in [7, 11) is -1.50. The van der Waals surface area contributed by atoms with Gasteiger partial charge in [-0.1, -0.05) is 11.6 Å². The number of rotatable bonds is 8. The van der Waals surface area contributed by atoms with E-state index in [1.54, 1.807) is 35.4 Å². The van der Waals surface area contributed by atoms with Crippen molar-refractivity contribution >= 4 is 44.4 Å². The Labute approximate surface area is 195 Å². The van der Waals surface area contributed by atoms with Gasteiger partial charge in [-0.2, -0.15) is 0 Å². The Morgan fingerprint density at radius 3 is 2.66 bits per heavy atom. The van der Waals surface area contributed by atoms with E-state index < -0.39 is 9.84 Å². The number of pyridine rings is 1. The average molecular weight is 493 g/mol. The van der Waals surface area contributed by atoms with Crippen molar-refractivity contribution in [2.45, 2.75) is 13.0 Å². The van der Waals surface area contributed by atoms with Crippen LogP contribution in [0.1, 0.15) is 21.7 Å². The van der Waals surface area contributed by atoms with Crippen LogP contribution in [0.25, 0.3) is 10.6 Å². The quantitative estimate of drug-likeness (QED) is 0.432. The number of sulfone groups is 1. The van der Waals surface area contributed by atoms with Gasteiger partial charge >= 0.3 is 0 Å². The van der Waals surface area contributed by atoms with Crippen LogP contribution in [0.5, 0.6) is 11.5 Å². The number of carbonyl (C=O) groups is 1. The third-order valence-corrected chi connectivity index (χ3v) is 7.37. The van der Waals surface area contributed by atoms with Gasteiger partial charge in [-0.3, -0.25) is 9.78 Å². The van der Waals surface area contributed by atoms with Crippen LogP contribution in [0.3, 0.4) is 0 Å². The standard InChI is InChI=1S/C22H21ClN2O5S2/c1-29-19-11-16(5-7-18(19)30-8-3-9-32(2,27)28)25-13-14-10-20(31-21(14)22(25)26)17-6-4-15(23)12-24-17/h4-7,10-12H,3,8-9,13H2,1-2H3. The minimum Gasteiger partial charge on any atom is -0.493 e. The van der Waals surface area contributed by atoms with Gasteiger partial charge in [0.1, 0.15) is 9.84 Å². The molecule has 0 unspecified atom stereocenters. The van der Waals surface area contributed by atoms with Crippen molar-refractivity contribution in [2.75, 3.05) is 30.6 Å². The molecular weight excluding hydrogens is 472 g/mol. The van der Waals surface area contributed by atoms with E-state index in [-0.39, 0.29) is 18.3 Å². The first-order valence-electron chi connectivity index (χ1n) is 9.80. The lowest BCUT2D eigenvalue weighted by Gasteiger charge is -2.18. The lowest BCUT2D eigenvalue weighted by atomic mass is 10.2. The molecule has 0 saturated carbocycles. The zero-order chi connectivity index (χ0) is 22.9. The van der Waals surface area contributed by atoms with Gasteiger partial charge in [0.15, 0.2) is 11.5 Å². The molecule has 0 saturated heterocycles. The first-order chi connectivity index (χ1) is 15.2. The molecule has 0 atom stereocenters. The number of aromatic nitrogens is 1. The van der Waals surface area contributed by atoms with Crippen molar-refractivity contribution in [1.29, 1.82) is 0 Å². The largest absolute Gasteiger partial charge is 0.493 e. The molecule has 2 aromatic heterocycles. The van der Waals surface area contributed by atoms with E-state index in [0.717, 1.165) is 16.1 Å². The third kappa shape index (κ3) is 4.90. The normalized spacial score (nSPS) is 13.3. The van der Waals surface area contributed by atoms with E-state index in [1.807, 2.05) is 12.1 Å². The topological polar surface area (TPSA) is 85.8 Å². The minimum atomic E-state index is -3.03. The lowest BCUT2D eigenvalue weighted by molar-refractivity contribution is 0.1000. The fraction of sp³-hybridized carbons (Fsp3) is 0.273. The molecule has 0 bridgehead atoms. The highest BCUT2D eigenvalue weighted by Crippen LogP contribution is 2.40. The van der Waals surface area contributed by atoms with Crippen LogP contribution < -0.4 is 14.4 Å². The van der Waals surface area contributed by atoms with Crippen molar-refractivity contribution in [1.82, 2.24) is 4.98 Å². The molecule has 3 aromatic rings. The van der Waals surface area contributed by atoms with E-state index in [4.69, 9.17) is 21.1 Å². The lowest BCUT2D eigenvalue weighted by Crippen LogP contribution is -2.23. The summed E-state index contributed by atoms with van der Waals surface area (Å²) in [6.45, 7) is 0.709. The summed E-state index contributed by atoms with van der Waals surface area (Å²) < 4.78 is 33.6. The maximum absolute atomic E-state index is 13.1. The Hall–Kier alpha value is -2.62. The fourth-order valence-electron chi connectivity index (χ4n) is 3.39. The van der Waals surface area contributed by atoms with Crippen molar-refractivity contribution in [2.24, 2.45) is 0 Å². The number of methoxy groups -OCH3 is 1. The van der Waals surface area contributed by atoms with E-state index in [2.05, 4.69) is 4.98 Å². The molecule has 32 heavy (non-hydrogen) atoms. The Kier molecular flexibility index (Phi) is 6.41. The molecule has 1 amide bonds. The molecule has 10 heteroatoms. The molecule has 0 aliphatic carbocycles. The molecule has 3 heterocycles. The Bertz CT molecular complexity index is 1260. The highest BCUT2D eigenvalue weighted by Gasteiger charge is 2.32. The smallest absolute Gasteiger partial charge is 0.269 e. The number of fused-ring (bicyclic) bond motifs is 1. The predicted octanol–water partition coefficient (Wildman–Crippen LogP) is 4.45. The number of anilines is 1. The van der Waals surface area contributed by atoms with E-state index in [1.165, 1.54) is 24.7 Å². The second-order valence-corrected chi connectivity index (χ2v) is 11.1. The van der Waals surface area contributed by atoms with Gasteiger partial charge in [-0.05, 0) is 42.3 Å². The summed E-state index contributed by atoms with van der Waals surface area (Å²) in [4.78, 5) is 20.7. The summed E-state index contributed by atoms with van der Waals surface area (Å²) in [6.07, 6.45) is 3.18. The van der Waals surface area contributed by atoms with Crippen LogP contribution in [0.2, 0.25) is 5.02 Å². The molecule has 0 N–H and O–H groups in total. The summed E-state index contributed by atoms with van der Waals surface area (Å²) >= 11 is 7.32. The Balaban J connectivity index is 1.48. The highest BCUT2D eigenvalue weighted by atomic mass is 35.5. The number of hydrogen-bond donors (Lipinski definition) is 0. The summed E-state index contributed by atoms with van der Waals surface area (Å²) in [5.41, 5.74) is 2.43. The molecule has 1 aromatic carbocycles. The van der Waals surface area contributed by atoms with Crippen LogP contribution in [-0.2, 0) is 16.4 Å². The number of amides is 1. The number of thiophene rings is 1.